The molecule has 3 nitrogen and oxygen atoms in total. The lowest BCUT2D eigenvalue weighted by molar-refractivity contribution is -0.117. The highest BCUT2D eigenvalue weighted by molar-refractivity contribution is 7.85. The Morgan fingerprint density at radius 1 is 1.08 bits per heavy atom. The Bertz CT molecular complexity index is 665. The third-order valence-corrected chi connectivity index (χ3v) is 5.05. The van der Waals surface area contributed by atoms with Crippen molar-refractivity contribution in [2.24, 2.45) is 5.92 Å². The van der Waals surface area contributed by atoms with E-state index in [9.17, 15) is 9.00 Å². The van der Waals surface area contributed by atoms with Crippen molar-refractivity contribution in [3.05, 3.63) is 65.7 Å². The van der Waals surface area contributed by atoms with Gasteiger partial charge in [0.15, 0.2) is 0 Å². The maximum absolute atomic E-state index is 12.2. The van der Waals surface area contributed by atoms with Crippen molar-refractivity contribution in [2.75, 3.05) is 12.4 Å². The number of Topliss-reactive ketones (excluding diaryl/α,β-unsaturated/α-hetero) is 1. The van der Waals surface area contributed by atoms with Gasteiger partial charge in [-0.3, -0.25) is 9.00 Å². The number of hydrogen-bond acceptors (Lipinski definition) is 3. The smallest absolute Gasteiger partial charge is 0.146 e. The number of aryl methyl sites for hydroxylation is 1. The molecule has 2 unspecified atom stereocenters. The lowest BCUT2D eigenvalue weighted by Crippen LogP contribution is -2.17. The van der Waals surface area contributed by atoms with Gasteiger partial charge in [-0.15, -0.1) is 0 Å². The monoisotopic (exact) mass is 344 g/mol. The predicted molar refractivity (Wildman–Crippen MR) is 97.3 cm³/mol. The summed E-state index contributed by atoms with van der Waals surface area (Å²) in [5.41, 5.74) is 2.24. The molecule has 0 heterocycles. The summed E-state index contributed by atoms with van der Waals surface area (Å²) in [4.78, 5) is 12.8. The summed E-state index contributed by atoms with van der Waals surface area (Å²) >= 11 is 0. The summed E-state index contributed by atoms with van der Waals surface area (Å²) in [6.45, 7) is 5.04. The van der Waals surface area contributed by atoms with E-state index in [4.69, 9.17) is 4.74 Å². The number of ketones is 1. The molecule has 0 aliphatic heterocycles. The number of rotatable bonds is 9. The van der Waals surface area contributed by atoms with Crippen molar-refractivity contribution < 1.29 is 13.7 Å². The molecule has 0 aromatic heterocycles. The molecule has 0 N–H and O–H groups in total. The molecule has 0 amide bonds. The SMILES string of the molecule is Cc1ccc(S(=O)CC(=O)CC(C)COCc2ccccc2)cc1. The molecule has 0 bridgehead atoms. The maximum atomic E-state index is 12.2. The van der Waals surface area contributed by atoms with Crippen LogP contribution in [0.4, 0.5) is 0 Å². The zero-order valence-corrected chi connectivity index (χ0v) is 15.1. The van der Waals surface area contributed by atoms with Crippen LogP contribution in [0, 0.1) is 12.8 Å². The van der Waals surface area contributed by atoms with Crippen LogP contribution in [0.15, 0.2) is 59.5 Å². The summed E-state index contributed by atoms with van der Waals surface area (Å²) in [7, 11) is -1.26. The van der Waals surface area contributed by atoms with Crippen LogP contribution in [0.1, 0.15) is 24.5 Å². The highest BCUT2D eigenvalue weighted by atomic mass is 32.2. The van der Waals surface area contributed by atoms with Gasteiger partial charge in [0.1, 0.15) is 5.78 Å². The van der Waals surface area contributed by atoms with Gasteiger partial charge < -0.3 is 4.74 Å². The predicted octanol–water partition coefficient (Wildman–Crippen LogP) is 3.91. The first-order valence-electron chi connectivity index (χ1n) is 8.13. The van der Waals surface area contributed by atoms with E-state index in [0.717, 1.165) is 11.1 Å². The number of carbonyl (C=O) groups excluding carboxylic acids is 1. The number of benzene rings is 2. The van der Waals surface area contributed by atoms with Crippen molar-refractivity contribution in [1.29, 1.82) is 0 Å². The summed E-state index contributed by atoms with van der Waals surface area (Å²) in [5, 5.41) is 0. The van der Waals surface area contributed by atoms with Crippen LogP contribution in [0.2, 0.25) is 0 Å². The fourth-order valence-corrected chi connectivity index (χ4v) is 3.39. The second-order valence-corrected chi connectivity index (χ2v) is 7.60. The van der Waals surface area contributed by atoms with Crippen LogP contribution in [-0.2, 0) is 26.9 Å². The second kappa shape index (κ2) is 9.50. The molecule has 24 heavy (non-hydrogen) atoms. The van der Waals surface area contributed by atoms with E-state index >= 15 is 0 Å². The van der Waals surface area contributed by atoms with Gasteiger partial charge in [-0.2, -0.15) is 0 Å². The zero-order chi connectivity index (χ0) is 17.4. The van der Waals surface area contributed by atoms with Gasteiger partial charge in [0.25, 0.3) is 0 Å². The Balaban J connectivity index is 1.71. The van der Waals surface area contributed by atoms with E-state index < -0.39 is 10.8 Å². The molecule has 0 fully saturated rings. The van der Waals surface area contributed by atoms with Gasteiger partial charge in [-0.05, 0) is 30.5 Å². The van der Waals surface area contributed by atoms with Crippen molar-refractivity contribution >= 4 is 16.6 Å². The third-order valence-electron chi connectivity index (χ3n) is 3.67. The first-order valence-corrected chi connectivity index (χ1v) is 9.45. The molecule has 0 aliphatic carbocycles. The average Bonchev–Trinajstić information content (AvgIpc) is 2.56. The van der Waals surface area contributed by atoms with Gasteiger partial charge in [0.05, 0.1) is 23.2 Å². The molecule has 2 rings (SSSR count). The Hall–Kier alpha value is -1.78. The topological polar surface area (TPSA) is 43.4 Å². The van der Waals surface area contributed by atoms with E-state index in [0.29, 0.717) is 24.5 Å². The van der Waals surface area contributed by atoms with Crippen molar-refractivity contribution in [3.63, 3.8) is 0 Å². The van der Waals surface area contributed by atoms with Gasteiger partial charge >= 0.3 is 0 Å². The molecule has 2 atom stereocenters. The van der Waals surface area contributed by atoms with Crippen LogP contribution in [0.25, 0.3) is 0 Å². The molecular weight excluding hydrogens is 320 g/mol. The van der Waals surface area contributed by atoms with Gasteiger partial charge in [-0.25, -0.2) is 0 Å². The van der Waals surface area contributed by atoms with Crippen LogP contribution in [0.3, 0.4) is 0 Å². The van der Waals surface area contributed by atoms with E-state index in [1.165, 1.54) is 0 Å². The molecule has 2 aromatic rings. The fraction of sp³-hybridized carbons (Fsp3) is 0.350. The largest absolute Gasteiger partial charge is 0.376 e. The Kier molecular flexibility index (Phi) is 7.35. The van der Waals surface area contributed by atoms with Crippen molar-refractivity contribution in [2.45, 2.75) is 31.8 Å². The fourth-order valence-electron chi connectivity index (χ4n) is 2.38. The Morgan fingerprint density at radius 3 is 2.42 bits per heavy atom. The van der Waals surface area contributed by atoms with E-state index in [1.807, 2.05) is 68.4 Å². The minimum Gasteiger partial charge on any atom is -0.376 e. The number of hydrogen-bond donors (Lipinski definition) is 0. The van der Waals surface area contributed by atoms with Crippen LogP contribution >= 0.6 is 0 Å². The Morgan fingerprint density at radius 2 is 1.75 bits per heavy atom. The van der Waals surface area contributed by atoms with Gasteiger partial charge in [0, 0.05) is 17.9 Å². The zero-order valence-electron chi connectivity index (χ0n) is 14.2. The number of carbonyl (C=O) groups is 1. The minimum absolute atomic E-state index is 0.0183. The summed E-state index contributed by atoms with van der Waals surface area (Å²) in [6.07, 6.45) is 0.395. The lowest BCUT2D eigenvalue weighted by Gasteiger charge is -2.11. The van der Waals surface area contributed by atoms with Gasteiger partial charge in [0.2, 0.25) is 0 Å². The summed E-state index contributed by atoms with van der Waals surface area (Å²) in [5.74, 6) is 0.215. The molecular formula is C20H24O3S. The average molecular weight is 344 g/mol. The normalized spacial score (nSPS) is 13.4. The van der Waals surface area contributed by atoms with Crippen molar-refractivity contribution in [1.82, 2.24) is 0 Å². The molecule has 0 aliphatic rings. The second-order valence-electron chi connectivity index (χ2n) is 6.15. The van der Waals surface area contributed by atoms with E-state index in [-0.39, 0.29) is 17.5 Å². The molecule has 0 saturated carbocycles. The first kappa shape index (κ1) is 18.6. The lowest BCUT2D eigenvalue weighted by atomic mass is 10.1. The molecule has 0 spiro atoms. The van der Waals surface area contributed by atoms with Gasteiger partial charge in [-0.1, -0.05) is 55.0 Å². The van der Waals surface area contributed by atoms with E-state index in [2.05, 4.69) is 0 Å². The third kappa shape index (κ3) is 6.38. The molecule has 2 aromatic carbocycles. The first-order chi connectivity index (χ1) is 11.5. The quantitative estimate of drug-likeness (QED) is 0.692. The van der Waals surface area contributed by atoms with Crippen LogP contribution < -0.4 is 0 Å². The van der Waals surface area contributed by atoms with E-state index in [1.54, 1.807) is 0 Å². The van der Waals surface area contributed by atoms with Crippen LogP contribution in [-0.4, -0.2) is 22.4 Å². The highest BCUT2D eigenvalue weighted by Gasteiger charge is 2.14. The van der Waals surface area contributed by atoms with Crippen LogP contribution in [0.5, 0.6) is 0 Å². The molecule has 0 saturated heterocycles. The van der Waals surface area contributed by atoms with Crippen molar-refractivity contribution in [3.8, 4) is 0 Å². The standard InChI is InChI=1S/C20H24O3S/c1-16-8-10-20(11-9-16)24(22)15-19(21)12-17(2)13-23-14-18-6-4-3-5-7-18/h3-11,17H,12-15H2,1-2H3. The molecule has 128 valence electrons. The molecule has 0 radical (unpaired) electrons. The number of ether oxygens (including phenoxy) is 1. The minimum atomic E-state index is -1.26. The highest BCUT2D eigenvalue weighted by Crippen LogP contribution is 2.11. The summed E-state index contributed by atoms with van der Waals surface area (Å²) < 4.78 is 17.9. The Labute approximate surface area is 146 Å². The summed E-state index contributed by atoms with van der Waals surface area (Å²) in [6, 6.07) is 17.4. The maximum Gasteiger partial charge on any atom is 0.146 e. The molecule has 4 heteroatoms.